The molecule has 2 atom stereocenters. The maximum Gasteiger partial charge on any atom is 0.168 e. The van der Waals surface area contributed by atoms with E-state index in [1.54, 1.807) is 32.4 Å². The molecule has 1 fully saturated rings. The molecule has 2 rings (SSSR count). The number of carbonyl (C=O) groups is 1. The van der Waals surface area contributed by atoms with Crippen LogP contribution in [0.25, 0.3) is 0 Å². The van der Waals surface area contributed by atoms with Gasteiger partial charge in [0, 0.05) is 24.6 Å². The first-order valence-corrected chi connectivity index (χ1v) is 7.15. The molecule has 2 unspecified atom stereocenters. The van der Waals surface area contributed by atoms with Gasteiger partial charge in [-0.1, -0.05) is 6.42 Å². The molecule has 0 aromatic heterocycles. The third kappa shape index (κ3) is 3.51. The molecule has 1 aliphatic heterocycles. The van der Waals surface area contributed by atoms with E-state index in [0.29, 0.717) is 29.5 Å². The molecule has 110 valence electrons. The highest BCUT2D eigenvalue weighted by atomic mass is 16.5. The number of hydrogen-bond donors (Lipinski definition) is 1. The average Bonchev–Trinajstić information content (AvgIpc) is 2.46. The Labute approximate surface area is 120 Å². The number of carbonyl (C=O) groups excluding carboxylic acids is 1. The Morgan fingerprint density at radius 3 is 2.75 bits per heavy atom. The fourth-order valence-electron chi connectivity index (χ4n) is 2.76. The molecule has 0 spiro atoms. The second-order valence-corrected chi connectivity index (χ2v) is 5.39. The Balaban J connectivity index is 2.08. The first-order valence-electron chi connectivity index (χ1n) is 7.15. The minimum absolute atomic E-state index is 0.121. The molecule has 0 radical (unpaired) electrons. The summed E-state index contributed by atoms with van der Waals surface area (Å²) in [5.74, 6) is 1.40. The molecule has 1 aliphatic rings. The SMILES string of the molecule is COc1ccc(C(=O)CC2CCCC(C)N2)c(OC)c1. The van der Waals surface area contributed by atoms with Crippen LogP contribution in [0.1, 0.15) is 43.0 Å². The van der Waals surface area contributed by atoms with Gasteiger partial charge in [-0.05, 0) is 31.9 Å². The van der Waals surface area contributed by atoms with Gasteiger partial charge >= 0.3 is 0 Å². The first-order chi connectivity index (χ1) is 9.63. The van der Waals surface area contributed by atoms with Gasteiger partial charge in [-0.15, -0.1) is 0 Å². The number of methoxy groups -OCH3 is 2. The Morgan fingerprint density at radius 1 is 1.30 bits per heavy atom. The molecule has 0 bridgehead atoms. The summed E-state index contributed by atoms with van der Waals surface area (Å²) in [6, 6.07) is 6.11. The summed E-state index contributed by atoms with van der Waals surface area (Å²) in [5.41, 5.74) is 0.633. The molecule has 0 amide bonds. The zero-order chi connectivity index (χ0) is 14.5. The van der Waals surface area contributed by atoms with Crippen molar-refractivity contribution in [2.45, 2.75) is 44.7 Å². The van der Waals surface area contributed by atoms with Gasteiger partial charge in [-0.3, -0.25) is 4.79 Å². The lowest BCUT2D eigenvalue weighted by molar-refractivity contribution is 0.0957. The molecule has 1 N–H and O–H groups in total. The first kappa shape index (κ1) is 14.9. The smallest absolute Gasteiger partial charge is 0.168 e. The van der Waals surface area contributed by atoms with E-state index in [-0.39, 0.29) is 11.8 Å². The summed E-state index contributed by atoms with van der Waals surface area (Å²) in [6.45, 7) is 2.17. The van der Waals surface area contributed by atoms with E-state index in [9.17, 15) is 4.79 Å². The third-order valence-electron chi connectivity index (χ3n) is 3.85. The van der Waals surface area contributed by atoms with Gasteiger partial charge in [0.1, 0.15) is 11.5 Å². The van der Waals surface area contributed by atoms with E-state index in [1.165, 1.54) is 12.8 Å². The lowest BCUT2D eigenvalue weighted by Gasteiger charge is -2.28. The fourth-order valence-corrected chi connectivity index (χ4v) is 2.76. The number of piperidine rings is 1. The Hall–Kier alpha value is -1.55. The van der Waals surface area contributed by atoms with Crippen molar-refractivity contribution in [1.29, 1.82) is 0 Å². The minimum atomic E-state index is 0.121. The van der Waals surface area contributed by atoms with E-state index >= 15 is 0 Å². The molecule has 1 heterocycles. The number of hydrogen-bond acceptors (Lipinski definition) is 4. The van der Waals surface area contributed by atoms with Crippen molar-refractivity contribution in [2.24, 2.45) is 0 Å². The maximum absolute atomic E-state index is 12.4. The third-order valence-corrected chi connectivity index (χ3v) is 3.85. The van der Waals surface area contributed by atoms with Gasteiger partial charge in [0.15, 0.2) is 5.78 Å². The van der Waals surface area contributed by atoms with Gasteiger partial charge in [0.25, 0.3) is 0 Å². The van der Waals surface area contributed by atoms with E-state index in [1.807, 2.05) is 0 Å². The van der Waals surface area contributed by atoms with Crippen LogP contribution in [-0.2, 0) is 0 Å². The number of rotatable bonds is 5. The zero-order valence-corrected chi connectivity index (χ0v) is 12.4. The van der Waals surface area contributed by atoms with Crippen molar-refractivity contribution in [1.82, 2.24) is 5.32 Å². The van der Waals surface area contributed by atoms with Crippen LogP contribution in [0, 0.1) is 0 Å². The summed E-state index contributed by atoms with van der Waals surface area (Å²) in [4.78, 5) is 12.4. The van der Waals surface area contributed by atoms with E-state index in [0.717, 1.165) is 6.42 Å². The van der Waals surface area contributed by atoms with Crippen LogP contribution in [0.15, 0.2) is 18.2 Å². The molecular weight excluding hydrogens is 254 g/mol. The quantitative estimate of drug-likeness (QED) is 0.841. The molecule has 20 heavy (non-hydrogen) atoms. The van der Waals surface area contributed by atoms with Crippen molar-refractivity contribution in [3.8, 4) is 11.5 Å². The standard InChI is InChI=1S/C16H23NO3/c1-11-5-4-6-12(17-11)9-15(18)14-8-7-13(19-2)10-16(14)20-3/h7-8,10-12,17H,4-6,9H2,1-3H3. The van der Waals surface area contributed by atoms with Crippen LogP contribution in [0.4, 0.5) is 0 Å². The van der Waals surface area contributed by atoms with Crippen LogP contribution < -0.4 is 14.8 Å². The van der Waals surface area contributed by atoms with Crippen LogP contribution in [-0.4, -0.2) is 32.1 Å². The lowest BCUT2D eigenvalue weighted by Crippen LogP contribution is -2.41. The predicted octanol–water partition coefficient (Wildman–Crippen LogP) is 2.81. The van der Waals surface area contributed by atoms with Gasteiger partial charge in [-0.25, -0.2) is 0 Å². The molecule has 1 saturated heterocycles. The molecular formula is C16H23NO3. The van der Waals surface area contributed by atoms with Gasteiger partial charge < -0.3 is 14.8 Å². The average molecular weight is 277 g/mol. The van der Waals surface area contributed by atoms with Gasteiger partial charge in [-0.2, -0.15) is 0 Å². The highest BCUT2D eigenvalue weighted by Crippen LogP contribution is 2.27. The second-order valence-electron chi connectivity index (χ2n) is 5.39. The van der Waals surface area contributed by atoms with Gasteiger partial charge in [0.2, 0.25) is 0 Å². The Bertz CT molecular complexity index is 473. The highest BCUT2D eigenvalue weighted by Gasteiger charge is 2.22. The number of ketones is 1. The molecule has 1 aromatic rings. The molecule has 0 aliphatic carbocycles. The van der Waals surface area contributed by atoms with Crippen LogP contribution in [0.2, 0.25) is 0 Å². The van der Waals surface area contributed by atoms with E-state index < -0.39 is 0 Å². The fraction of sp³-hybridized carbons (Fsp3) is 0.562. The summed E-state index contributed by atoms with van der Waals surface area (Å²) in [7, 11) is 3.18. The number of benzene rings is 1. The highest BCUT2D eigenvalue weighted by molar-refractivity contribution is 5.99. The summed E-state index contributed by atoms with van der Waals surface area (Å²) >= 11 is 0. The van der Waals surface area contributed by atoms with Crippen LogP contribution >= 0.6 is 0 Å². The van der Waals surface area contributed by atoms with E-state index in [4.69, 9.17) is 9.47 Å². The maximum atomic E-state index is 12.4. The normalized spacial score (nSPS) is 22.4. The predicted molar refractivity (Wildman–Crippen MR) is 78.7 cm³/mol. The number of Topliss-reactive ketones (excluding diaryl/α,β-unsaturated/α-hetero) is 1. The summed E-state index contributed by atoms with van der Waals surface area (Å²) in [5, 5.41) is 3.49. The van der Waals surface area contributed by atoms with Crippen molar-refractivity contribution < 1.29 is 14.3 Å². The molecule has 4 nitrogen and oxygen atoms in total. The summed E-state index contributed by atoms with van der Waals surface area (Å²) in [6.07, 6.45) is 3.96. The molecule has 4 heteroatoms. The minimum Gasteiger partial charge on any atom is -0.497 e. The van der Waals surface area contributed by atoms with Crippen molar-refractivity contribution in [2.75, 3.05) is 14.2 Å². The molecule has 1 aromatic carbocycles. The Morgan fingerprint density at radius 2 is 2.10 bits per heavy atom. The largest absolute Gasteiger partial charge is 0.497 e. The molecule has 0 saturated carbocycles. The Kier molecular flexibility index (Phi) is 5.01. The lowest BCUT2D eigenvalue weighted by atomic mass is 9.94. The monoisotopic (exact) mass is 277 g/mol. The summed E-state index contributed by atoms with van der Waals surface area (Å²) < 4.78 is 10.4. The van der Waals surface area contributed by atoms with Crippen LogP contribution in [0.5, 0.6) is 11.5 Å². The van der Waals surface area contributed by atoms with Crippen LogP contribution in [0.3, 0.4) is 0 Å². The zero-order valence-electron chi connectivity index (χ0n) is 12.4. The van der Waals surface area contributed by atoms with Crippen molar-refractivity contribution in [3.05, 3.63) is 23.8 Å². The number of ether oxygens (including phenoxy) is 2. The van der Waals surface area contributed by atoms with Crippen molar-refractivity contribution in [3.63, 3.8) is 0 Å². The van der Waals surface area contributed by atoms with Crippen molar-refractivity contribution >= 4 is 5.78 Å². The second kappa shape index (κ2) is 6.75. The topological polar surface area (TPSA) is 47.6 Å². The van der Waals surface area contributed by atoms with Gasteiger partial charge in [0.05, 0.1) is 19.8 Å². The van der Waals surface area contributed by atoms with E-state index in [2.05, 4.69) is 12.2 Å². The number of nitrogens with one attached hydrogen (secondary N) is 1.